The lowest BCUT2D eigenvalue weighted by Crippen LogP contribution is -2.43. The Balaban J connectivity index is 1.32. The molecule has 1 amide bonds. The minimum absolute atomic E-state index is 0.0345. The highest BCUT2D eigenvalue weighted by Gasteiger charge is 2.51. The first-order valence-electron chi connectivity index (χ1n) is 13.2. The monoisotopic (exact) mass is 554 g/mol. The summed E-state index contributed by atoms with van der Waals surface area (Å²) in [6, 6.07) is 7.08. The highest BCUT2D eigenvalue weighted by molar-refractivity contribution is 7.10. The highest BCUT2D eigenvalue weighted by Crippen LogP contribution is 2.54. The van der Waals surface area contributed by atoms with Gasteiger partial charge >= 0.3 is 6.18 Å². The topological polar surface area (TPSA) is 78.1 Å². The molecule has 6 rings (SSSR count). The molecule has 0 radical (unpaired) electrons. The van der Waals surface area contributed by atoms with E-state index in [0.717, 1.165) is 36.6 Å². The van der Waals surface area contributed by atoms with Gasteiger partial charge < -0.3 is 9.47 Å². The van der Waals surface area contributed by atoms with E-state index in [-0.39, 0.29) is 23.6 Å². The molecule has 1 aromatic carbocycles. The number of thiophene rings is 1. The number of piperidine rings is 1. The van der Waals surface area contributed by atoms with Crippen molar-refractivity contribution in [2.24, 2.45) is 18.9 Å². The van der Waals surface area contributed by atoms with Crippen LogP contribution in [0.25, 0.3) is 0 Å². The number of benzene rings is 1. The van der Waals surface area contributed by atoms with Crippen molar-refractivity contribution in [3.63, 3.8) is 0 Å². The molecule has 2 fully saturated rings. The van der Waals surface area contributed by atoms with Crippen LogP contribution in [0, 0.1) is 23.2 Å². The maximum absolute atomic E-state index is 14.2. The molecule has 0 spiro atoms. The number of halogens is 3. The highest BCUT2D eigenvalue weighted by atomic mass is 32.1. The summed E-state index contributed by atoms with van der Waals surface area (Å²) in [5.74, 6) is 0.726. The average Bonchev–Trinajstić information content (AvgIpc) is 3.58. The van der Waals surface area contributed by atoms with Gasteiger partial charge in [-0.05, 0) is 67.5 Å². The zero-order valence-corrected chi connectivity index (χ0v) is 22.6. The molecule has 1 atom stereocenters. The third kappa shape index (κ3) is 4.43. The lowest BCUT2D eigenvalue weighted by Gasteiger charge is -2.43. The average molecular weight is 555 g/mol. The summed E-state index contributed by atoms with van der Waals surface area (Å²) in [6.07, 6.45) is 0.378. The van der Waals surface area contributed by atoms with Gasteiger partial charge in [-0.25, -0.2) is 0 Å². The van der Waals surface area contributed by atoms with Crippen LogP contribution in [-0.4, -0.2) is 38.7 Å². The van der Waals surface area contributed by atoms with E-state index in [2.05, 4.69) is 28.1 Å². The molecule has 0 bridgehead atoms. The number of rotatable bonds is 5. The predicted octanol–water partition coefficient (Wildman–Crippen LogP) is 5.51. The molecule has 2 aliphatic heterocycles. The van der Waals surface area contributed by atoms with Crippen molar-refractivity contribution in [1.29, 1.82) is 5.26 Å². The molecule has 39 heavy (non-hydrogen) atoms. The number of hydrogen-bond acceptors (Lipinski definition) is 6. The first-order valence-corrected chi connectivity index (χ1v) is 14.1. The fourth-order valence-corrected chi connectivity index (χ4v) is 7.63. The summed E-state index contributed by atoms with van der Waals surface area (Å²) in [7, 11) is 1.85. The molecule has 1 saturated heterocycles. The number of carbonyl (C=O) groups is 1. The number of nitrogens with zero attached hydrogens (tertiary/aromatic N) is 6. The van der Waals surface area contributed by atoms with Gasteiger partial charge in [-0.15, -0.1) is 21.5 Å². The Hall–Kier alpha value is -3.23. The largest absolute Gasteiger partial charge is 0.416 e. The fourth-order valence-electron chi connectivity index (χ4n) is 6.51. The van der Waals surface area contributed by atoms with E-state index in [0.29, 0.717) is 36.6 Å². The molecular formula is C28H29F3N6OS. The van der Waals surface area contributed by atoms with Crippen molar-refractivity contribution in [3.8, 4) is 6.07 Å². The number of likely N-dealkylation sites (tertiary alicyclic amines) is 1. The molecule has 3 aromatic rings. The number of alkyl halides is 3. The summed E-state index contributed by atoms with van der Waals surface area (Å²) in [5, 5.41) is 19.6. The van der Waals surface area contributed by atoms with Crippen LogP contribution in [0.4, 0.5) is 18.9 Å². The Morgan fingerprint density at radius 1 is 1.26 bits per heavy atom. The Morgan fingerprint density at radius 2 is 2.05 bits per heavy atom. The lowest BCUT2D eigenvalue weighted by atomic mass is 9.61. The minimum Gasteiger partial charge on any atom is -0.320 e. The van der Waals surface area contributed by atoms with Gasteiger partial charge in [0, 0.05) is 41.9 Å². The minimum atomic E-state index is -4.56. The van der Waals surface area contributed by atoms with Gasteiger partial charge in [-0.1, -0.05) is 6.92 Å². The van der Waals surface area contributed by atoms with Crippen LogP contribution in [0.5, 0.6) is 0 Å². The summed E-state index contributed by atoms with van der Waals surface area (Å²) in [5.41, 5.74) is 0.0335. The molecule has 204 valence electrons. The smallest absolute Gasteiger partial charge is 0.320 e. The van der Waals surface area contributed by atoms with Gasteiger partial charge in [0.1, 0.15) is 12.2 Å². The van der Waals surface area contributed by atoms with Crippen LogP contribution >= 0.6 is 11.3 Å². The SMILES string of the molecule is C[C@H]1CCCN(Cc2cc3c(c(C(F)(F)F)c2)CN(c2csc(C4(c5nncn5C)CC(C#N)C4)c2)C3=O)C1. The second-order valence-electron chi connectivity index (χ2n) is 11.3. The van der Waals surface area contributed by atoms with Gasteiger partial charge in [0.25, 0.3) is 5.91 Å². The first kappa shape index (κ1) is 26.0. The second kappa shape index (κ2) is 9.45. The maximum Gasteiger partial charge on any atom is 0.416 e. The van der Waals surface area contributed by atoms with Crippen molar-refractivity contribution in [1.82, 2.24) is 19.7 Å². The van der Waals surface area contributed by atoms with Gasteiger partial charge in [0.05, 0.1) is 29.3 Å². The van der Waals surface area contributed by atoms with E-state index in [9.17, 15) is 23.2 Å². The number of aromatic nitrogens is 3. The Labute approximate surface area is 228 Å². The van der Waals surface area contributed by atoms with E-state index in [1.54, 1.807) is 12.4 Å². The molecule has 0 N–H and O–H groups in total. The molecular weight excluding hydrogens is 525 g/mol. The van der Waals surface area contributed by atoms with Crippen molar-refractivity contribution in [2.45, 2.75) is 57.3 Å². The zero-order chi connectivity index (χ0) is 27.5. The lowest BCUT2D eigenvalue weighted by molar-refractivity contribution is -0.138. The molecule has 11 heteroatoms. The van der Waals surface area contributed by atoms with E-state index >= 15 is 0 Å². The normalized spacial score (nSPS) is 25.4. The van der Waals surface area contributed by atoms with Crippen LogP contribution in [-0.2, 0) is 31.7 Å². The first-order chi connectivity index (χ1) is 18.6. The van der Waals surface area contributed by atoms with Crippen molar-refractivity contribution >= 4 is 22.9 Å². The summed E-state index contributed by atoms with van der Waals surface area (Å²) >= 11 is 1.44. The van der Waals surface area contributed by atoms with Crippen LogP contribution in [0.1, 0.15) is 70.4 Å². The van der Waals surface area contributed by atoms with E-state index in [4.69, 9.17) is 0 Å². The molecule has 1 saturated carbocycles. The Kier molecular flexibility index (Phi) is 6.31. The van der Waals surface area contributed by atoms with Crippen molar-refractivity contribution in [3.05, 3.63) is 62.9 Å². The summed E-state index contributed by atoms with van der Waals surface area (Å²) < 4.78 is 44.5. The van der Waals surface area contributed by atoms with Gasteiger partial charge in [0.15, 0.2) is 0 Å². The van der Waals surface area contributed by atoms with Crippen LogP contribution in [0.3, 0.4) is 0 Å². The number of aryl methyl sites for hydroxylation is 1. The molecule has 1 aliphatic carbocycles. The maximum atomic E-state index is 14.2. The fraction of sp³-hybridized carbons (Fsp3) is 0.500. The van der Waals surface area contributed by atoms with Gasteiger partial charge in [0.2, 0.25) is 0 Å². The Morgan fingerprint density at radius 3 is 2.72 bits per heavy atom. The number of fused-ring (bicyclic) bond motifs is 1. The number of amides is 1. The van der Waals surface area contributed by atoms with Crippen LogP contribution in [0.15, 0.2) is 29.9 Å². The molecule has 4 heterocycles. The van der Waals surface area contributed by atoms with E-state index in [1.807, 2.05) is 23.1 Å². The second-order valence-corrected chi connectivity index (χ2v) is 12.2. The van der Waals surface area contributed by atoms with E-state index in [1.165, 1.54) is 22.3 Å². The zero-order valence-electron chi connectivity index (χ0n) is 21.8. The van der Waals surface area contributed by atoms with Gasteiger partial charge in [-0.2, -0.15) is 18.4 Å². The third-order valence-corrected chi connectivity index (χ3v) is 9.56. The molecule has 3 aliphatic rings. The van der Waals surface area contributed by atoms with Crippen molar-refractivity contribution < 1.29 is 18.0 Å². The number of hydrogen-bond donors (Lipinski definition) is 0. The van der Waals surface area contributed by atoms with Gasteiger partial charge in [-0.3, -0.25) is 9.69 Å². The quantitative estimate of drug-likeness (QED) is 0.416. The Bertz CT molecular complexity index is 1460. The van der Waals surface area contributed by atoms with Crippen molar-refractivity contribution in [2.75, 3.05) is 18.0 Å². The molecule has 7 nitrogen and oxygen atoms in total. The molecule has 2 aromatic heterocycles. The van der Waals surface area contributed by atoms with Crippen LogP contribution < -0.4 is 4.90 Å². The standard InChI is InChI=1S/C28H29F3N6OS/c1-17-4-3-5-36(12-17)13-18-6-21-22(23(7-18)28(29,30)31)14-37(25(21)38)20-8-24(39-15-20)27(9-19(10-27)11-32)26-34-33-16-35(26)2/h6-8,15-17,19H,3-5,9-10,12-14H2,1-2H3/t17-,19?,27?/m0/s1. The third-order valence-electron chi connectivity index (χ3n) is 8.43. The predicted molar refractivity (Wildman–Crippen MR) is 140 cm³/mol. The number of nitriles is 1. The number of anilines is 1. The van der Waals surface area contributed by atoms with E-state index < -0.39 is 23.1 Å². The molecule has 0 unspecified atom stereocenters. The summed E-state index contributed by atoms with van der Waals surface area (Å²) in [6.45, 7) is 4.12. The summed E-state index contributed by atoms with van der Waals surface area (Å²) in [4.78, 5) is 18.1. The van der Waals surface area contributed by atoms with Crippen LogP contribution in [0.2, 0.25) is 0 Å². The number of carbonyl (C=O) groups excluding carboxylic acids is 1.